The first-order valence-corrected chi connectivity index (χ1v) is 9.38. The van der Waals surface area contributed by atoms with Gasteiger partial charge < -0.3 is 14.8 Å². The highest BCUT2D eigenvalue weighted by atomic mass is 79.9. The molecule has 0 saturated carbocycles. The van der Waals surface area contributed by atoms with Crippen LogP contribution in [0, 0.1) is 0 Å². The van der Waals surface area contributed by atoms with Crippen molar-refractivity contribution in [1.29, 1.82) is 0 Å². The van der Waals surface area contributed by atoms with Gasteiger partial charge in [-0.2, -0.15) is 0 Å². The quantitative estimate of drug-likeness (QED) is 0.779. The van der Waals surface area contributed by atoms with Crippen molar-refractivity contribution in [3.63, 3.8) is 0 Å². The molecule has 1 amide bonds. The summed E-state index contributed by atoms with van der Waals surface area (Å²) < 4.78 is 11.3. The van der Waals surface area contributed by atoms with Crippen LogP contribution in [0.4, 0.5) is 0 Å². The summed E-state index contributed by atoms with van der Waals surface area (Å²) in [4.78, 5) is 15.1. The number of hydrogen-bond acceptors (Lipinski definition) is 4. The van der Waals surface area contributed by atoms with E-state index in [0.29, 0.717) is 21.5 Å². The zero-order valence-electron chi connectivity index (χ0n) is 15.0. The summed E-state index contributed by atoms with van der Waals surface area (Å²) in [5.74, 6) is 0.982. The number of hydrogen-bond donors (Lipinski definition) is 1. The van der Waals surface area contributed by atoms with E-state index in [1.807, 2.05) is 6.07 Å². The Bertz CT molecular complexity index is 767. The number of rotatable bonds is 6. The van der Waals surface area contributed by atoms with Gasteiger partial charge in [-0.05, 0) is 40.0 Å². The van der Waals surface area contributed by atoms with Crippen LogP contribution >= 0.6 is 15.9 Å². The molecular formula is C20H23BrN2O3. The van der Waals surface area contributed by atoms with Crippen molar-refractivity contribution in [3.8, 4) is 11.5 Å². The molecule has 26 heavy (non-hydrogen) atoms. The Morgan fingerprint density at radius 3 is 2.69 bits per heavy atom. The van der Waals surface area contributed by atoms with Crippen molar-refractivity contribution in [3.05, 3.63) is 58.1 Å². The highest BCUT2D eigenvalue weighted by Crippen LogP contribution is 2.33. The first kappa shape index (κ1) is 18.7. The lowest BCUT2D eigenvalue weighted by Crippen LogP contribution is -2.37. The van der Waals surface area contributed by atoms with Crippen LogP contribution in [0.15, 0.2) is 46.9 Å². The fourth-order valence-electron chi connectivity index (χ4n) is 3.26. The van der Waals surface area contributed by atoms with Crippen LogP contribution in [0.5, 0.6) is 11.5 Å². The van der Waals surface area contributed by atoms with Crippen molar-refractivity contribution in [2.75, 3.05) is 27.3 Å². The SMILES string of the molecule is COc1cc(Br)c(OC)c(C(=O)N[C@@H]2CCN(Cc3ccccc3)C2)c1. The number of nitrogens with zero attached hydrogens (tertiary/aromatic N) is 1. The minimum atomic E-state index is -0.145. The van der Waals surface area contributed by atoms with E-state index in [2.05, 4.69) is 50.4 Å². The van der Waals surface area contributed by atoms with Crippen LogP contribution in [0.2, 0.25) is 0 Å². The zero-order chi connectivity index (χ0) is 18.5. The molecule has 1 fully saturated rings. The number of benzene rings is 2. The van der Waals surface area contributed by atoms with Gasteiger partial charge in [-0.1, -0.05) is 30.3 Å². The summed E-state index contributed by atoms with van der Waals surface area (Å²) >= 11 is 3.43. The molecule has 1 N–H and O–H groups in total. The van der Waals surface area contributed by atoms with E-state index in [9.17, 15) is 4.79 Å². The summed E-state index contributed by atoms with van der Waals surface area (Å²) in [5.41, 5.74) is 1.76. The van der Waals surface area contributed by atoms with Crippen LogP contribution < -0.4 is 14.8 Å². The largest absolute Gasteiger partial charge is 0.497 e. The zero-order valence-corrected chi connectivity index (χ0v) is 16.6. The molecule has 2 aromatic carbocycles. The summed E-state index contributed by atoms with van der Waals surface area (Å²) in [6.07, 6.45) is 0.937. The number of amides is 1. The lowest BCUT2D eigenvalue weighted by Gasteiger charge is -2.18. The van der Waals surface area contributed by atoms with Gasteiger partial charge in [0.15, 0.2) is 0 Å². The molecule has 1 aliphatic heterocycles. The Morgan fingerprint density at radius 2 is 2.00 bits per heavy atom. The van der Waals surface area contributed by atoms with Crippen LogP contribution in [0.25, 0.3) is 0 Å². The molecule has 0 aromatic heterocycles. The topological polar surface area (TPSA) is 50.8 Å². The van der Waals surface area contributed by atoms with Crippen molar-refractivity contribution in [2.24, 2.45) is 0 Å². The highest BCUT2D eigenvalue weighted by molar-refractivity contribution is 9.10. The fraction of sp³-hybridized carbons (Fsp3) is 0.350. The lowest BCUT2D eigenvalue weighted by molar-refractivity contribution is 0.0934. The lowest BCUT2D eigenvalue weighted by atomic mass is 10.1. The molecule has 5 nitrogen and oxygen atoms in total. The summed E-state index contributed by atoms with van der Waals surface area (Å²) in [7, 11) is 3.13. The monoisotopic (exact) mass is 418 g/mol. The van der Waals surface area contributed by atoms with E-state index in [1.54, 1.807) is 26.4 Å². The minimum absolute atomic E-state index is 0.126. The number of halogens is 1. The van der Waals surface area contributed by atoms with Gasteiger partial charge in [-0.15, -0.1) is 0 Å². The summed E-state index contributed by atoms with van der Waals surface area (Å²) in [6, 6.07) is 14.0. The Labute approximate surface area is 162 Å². The van der Waals surface area contributed by atoms with E-state index >= 15 is 0 Å². The smallest absolute Gasteiger partial charge is 0.255 e. The number of carbonyl (C=O) groups excluding carboxylic acids is 1. The van der Waals surface area contributed by atoms with Gasteiger partial charge in [0.25, 0.3) is 5.91 Å². The molecule has 6 heteroatoms. The van der Waals surface area contributed by atoms with Gasteiger partial charge in [0.2, 0.25) is 0 Å². The first-order valence-electron chi connectivity index (χ1n) is 8.59. The van der Waals surface area contributed by atoms with E-state index in [1.165, 1.54) is 5.56 Å². The van der Waals surface area contributed by atoms with Gasteiger partial charge in [-0.3, -0.25) is 9.69 Å². The average Bonchev–Trinajstić information content (AvgIpc) is 3.08. The maximum atomic E-state index is 12.8. The second-order valence-electron chi connectivity index (χ2n) is 6.37. The molecule has 0 unspecified atom stereocenters. The van der Waals surface area contributed by atoms with E-state index in [-0.39, 0.29) is 11.9 Å². The van der Waals surface area contributed by atoms with E-state index in [0.717, 1.165) is 26.1 Å². The molecule has 3 rings (SSSR count). The van der Waals surface area contributed by atoms with Gasteiger partial charge in [0.1, 0.15) is 11.5 Å². The Kier molecular flexibility index (Phi) is 6.16. The van der Waals surface area contributed by atoms with Crippen LogP contribution in [0.1, 0.15) is 22.3 Å². The number of nitrogens with one attached hydrogen (secondary N) is 1. The molecule has 0 bridgehead atoms. The fourth-order valence-corrected chi connectivity index (χ4v) is 3.86. The first-order chi connectivity index (χ1) is 12.6. The molecular weight excluding hydrogens is 396 g/mol. The average molecular weight is 419 g/mol. The third-order valence-electron chi connectivity index (χ3n) is 4.56. The second-order valence-corrected chi connectivity index (χ2v) is 7.22. The Morgan fingerprint density at radius 1 is 1.23 bits per heavy atom. The molecule has 1 aliphatic rings. The third-order valence-corrected chi connectivity index (χ3v) is 5.15. The molecule has 0 aliphatic carbocycles. The normalized spacial score (nSPS) is 17.1. The molecule has 138 valence electrons. The van der Waals surface area contributed by atoms with E-state index in [4.69, 9.17) is 9.47 Å². The van der Waals surface area contributed by atoms with E-state index < -0.39 is 0 Å². The van der Waals surface area contributed by atoms with Gasteiger partial charge in [0, 0.05) is 25.7 Å². The predicted octanol–water partition coefficient (Wildman–Crippen LogP) is 3.47. The summed E-state index contributed by atoms with van der Waals surface area (Å²) in [6.45, 7) is 2.72. The van der Waals surface area contributed by atoms with Crippen molar-refractivity contribution >= 4 is 21.8 Å². The standard InChI is InChI=1S/C20H23BrN2O3/c1-25-16-10-17(19(26-2)18(21)11-16)20(24)22-15-8-9-23(13-15)12-14-6-4-3-5-7-14/h3-7,10-11,15H,8-9,12-13H2,1-2H3,(H,22,24)/t15-/m1/s1. The Hall–Kier alpha value is -2.05. The maximum absolute atomic E-state index is 12.8. The highest BCUT2D eigenvalue weighted by Gasteiger charge is 2.26. The van der Waals surface area contributed by atoms with Gasteiger partial charge >= 0.3 is 0 Å². The molecule has 1 saturated heterocycles. The molecule has 0 radical (unpaired) electrons. The van der Waals surface area contributed by atoms with Crippen LogP contribution in [0.3, 0.4) is 0 Å². The maximum Gasteiger partial charge on any atom is 0.255 e. The number of carbonyl (C=O) groups is 1. The number of ether oxygens (including phenoxy) is 2. The van der Waals surface area contributed by atoms with Crippen LogP contribution in [-0.2, 0) is 6.54 Å². The Balaban J connectivity index is 1.65. The molecule has 0 spiro atoms. The van der Waals surface area contributed by atoms with Crippen molar-refractivity contribution in [2.45, 2.75) is 19.0 Å². The van der Waals surface area contributed by atoms with Gasteiger partial charge in [0.05, 0.1) is 24.3 Å². The predicted molar refractivity (Wildman–Crippen MR) is 105 cm³/mol. The van der Waals surface area contributed by atoms with Crippen LogP contribution in [-0.4, -0.2) is 44.2 Å². The number of likely N-dealkylation sites (tertiary alicyclic amines) is 1. The second kappa shape index (κ2) is 8.56. The number of methoxy groups -OCH3 is 2. The van der Waals surface area contributed by atoms with Crippen molar-refractivity contribution in [1.82, 2.24) is 10.2 Å². The third kappa shape index (κ3) is 4.37. The molecule has 1 atom stereocenters. The summed E-state index contributed by atoms with van der Waals surface area (Å²) in [5, 5.41) is 3.13. The molecule has 1 heterocycles. The molecule has 2 aromatic rings. The van der Waals surface area contributed by atoms with Crippen molar-refractivity contribution < 1.29 is 14.3 Å². The minimum Gasteiger partial charge on any atom is -0.497 e. The van der Waals surface area contributed by atoms with Gasteiger partial charge in [-0.25, -0.2) is 0 Å².